The van der Waals surface area contributed by atoms with Gasteiger partial charge in [-0.25, -0.2) is 9.78 Å². The summed E-state index contributed by atoms with van der Waals surface area (Å²) in [5.41, 5.74) is -0.292. The first-order valence-corrected chi connectivity index (χ1v) is 7.71. The van der Waals surface area contributed by atoms with Crippen LogP contribution >= 0.6 is 0 Å². The minimum atomic E-state index is -0.292. The van der Waals surface area contributed by atoms with Crippen LogP contribution in [0.4, 0.5) is 10.6 Å². The van der Waals surface area contributed by atoms with Gasteiger partial charge in [-0.15, -0.1) is 0 Å². The van der Waals surface area contributed by atoms with Gasteiger partial charge in [-0.05, 0) is 12.8 Å². The van der Waals surface area contributed by atoms with Gasteiger partial charge in [0.2, 0.25) is 0 Å². The molecular formula is C15H23N5O2. The number of carbonyl (C=O) groups excluding carboxylic acids is 1. The Hall–Kier alpha value is -1.89. The molecule has 7 nitrogen and oxygen atoms in total. The van der Waals surface area contributed by atoms with E-state index in [0.717, 1.165) is 31.7 Å². The van der Waals surface area contributed by atoms with E-state index in [1.807, 2.05) is 4.90 Å². The number of urea groups is 1. The van der Waals surface area contributed by atoms with E-state index in [-0.39, 0.29) is 11.6 Å². The number of hydrogen-bond acceptors (Lipinski definition) is 5. The summed E-state index contributed by atoms with van der Waals surface area (Å²) in [5, 5.41) is 0. The lowest BCUT2D eigenvalue weighted by molar-refractivity contribution is -0.104. The molecule has 7 heteroatoms. The number of anilines is 1. The van der Waals surface area contributed by atoms with Gasteiger partial charge in [-0.3, -0.25) is 4.98 Å². The molecule has 0 bridgehead atoms. The van der Waals surface area contributed by atoms with Gasteiger partial charge in [0.15, 0.2) is 0 Å². The Morgan fingerprint density at radius 3 is 2.91 bits per heavy atom. The molecule has 2 aliphatic heterocycles. The van der Waals surface area contributed by atoms with Crippen molar-refractivity contribution >= 4 is 11.8 Å². The molecule has 1 aromatic heterocycles. The normalized spacial score (nSPS) is 25.4. The maximum atomic E-state index is 12.2. The second-order valence-corrected chi connectivity index (χ2v) is 6.22. The van der Waals surface area contributed by atoms with Crippen molar-refractivity contribution in [1.29, 1.82) is 0 Å². The number of aromatic nitrogens is 2. The van der Waals surface area contributed by atoms with Crippen LogP contribution in [0, 0.1) is 0 Å². The van der Waals surface area contributed by atoms with Gasteiger partial charge in [0.05, 0.1) is 25.9 Å². The molecule has 22 heavy (non-hydrogen) atoms. The first-order valence-electron chi connectivity index (χ1n) is 7.71. The van der Waals surface area contributed by atoms with E-state index < -0.39 is 0 Å². The molecule has 3 rings (SSSR count). The van der Waals surface area contributed by atoms with Crippen LogP contribution in [0.15, 0.2) is 18.6 Å². The first-order chi connectivity index (χ1) is 10.6. The molecule has 0 saturated carbocycles. The first kappa shape index (κ1) is 15.0. The van der Waals surface area contributed by atoms with Gasteiger partial charge in [-0.1, -0.05) is 0 Å². The summed E-state index contributed by atoms with van der Waals surface area (Å²) in [6.45, 7) is 3.59. The number of piperidine rings is 1. The molecule has 2 saturated heterocycles. The third kappa shape index (κ3) is 2.99. The van der Waals surface area contributed by atoms with Crippen LogP contribution in [-0.4, -0.2) is 78.3 Å². The second-order valence-electron chi connectivity index (χ2n) is 6.22. The van der Waals surface area contributed by atoms with Crippen molar-refractivity contribution in [1.82, 2.24) is 19.8 Å². The second kappa shape index (κ2) is 6.08. The summed E-state index contributed by atoms with van der Waals surface area (Å²) < 4.78 is 6.12. The number of carbonyl (C=O) groups is 1. The molecule has 2 amide bonds. The van der Waals surface area contributed by atoms with Crippen LogP contribution in [0.25, 0.3) is 0 Å². The molecule has 1 spiro atoms. The summed E-state index contributed by atoms with van der Waals surface area (Å²) in [4.78, 5) is 26.5. The van der Waals surface area contributed by atoms with Gasteiger partial charge >= 0.3 is 6.03 Å². The lowest BCUT2D eigenvalue weighted by atomic mass is 9.90. The van der Waals surface area contributed by atoms with E-state index in [9.17, 15) is 4.79 Å². The third-order valence-corrected chi connectivity index (χ3v) is 4.31. The SMILES string of the molecule is CN(C)C(=O)N1CCOC2(CCCN(c3cnccn3)C2)C1. The Morgan fingerprint density at radius 2 is 2.18 bits per heavy atom. The highest BCUT2D eigenvalue weighted by atomic mass is 16.5. The van der Waals surface area contributed by atoms with Gasteiger partial charge in [0.1, 0.15) is 11.4 Å². The Bertz CT molecular complexity index is 520. The van der Waals surface area contributed by atoms with Crippen LogP contribution < -0.4 is 4.90 Å². The van der Waals surface area contributed by atoms with Crippen LogP contribution in [0.3, 0.4) is 0 Å². The van der Waals surface area contributed by atoms with Crippen molar-refractivity contribution in [2.24, 2.45) is 0 Å². The van der Waals surface area contributed by atoms with Crippen molar-refractivity contribution in [3.8, 4) is 0 Å². The smallest absolute Gasteiger partial charge is 0.319 e. The van der Waals surface area contributed by atoms with Crippen molar-refractivity contribution < 1.29 is 9.53 Å². The summed E-state index contributed by atoms with van der Waals surface area (Å²) in [7, 11) is 3.58. The Kier molecular flexibility index (Phi) is 4.15. The quantitative estimate of drug-likeness (QED) is 0.769. The lowest BCUT2D eigenvalue weighted by Gasteiger charge is -2.48. The fraction of sp³-hybridized carbons (Fsp3) is 0.667. The van der Waals surface area contributed by atoms with Crippen molar-refractivity contribution in [3.05, 3.63) is 18.6 Å². The molecule has 0 radical (unpaired) electrons. The Morgan fingerprint density at radius 1 is 1.32 bits per heavy atom. The highest BCUT2D eigenvalue weighted by Crippen LogP contribution is 2.31. The average molecular weight is 305 g/mol. The van der Waals surface area contributed by atoms with Crippen molar-refractivity contribution in [3.63, 3.8) is 0 Å². The molecule has 0 aromatic carbocycles. The molecule has 0 aliphatic carbocycles. The fourth-order valence-corrected chi connectivity index (χ4v) is 3.29. The maximum absolute atomic E-state index is 12.2. The fourth-order valence-electron chi connectivity index (χ4n) is 3.29. The topological polar surface area (TPSA) is 61.8 Å². The van der Waals surface area contributed by atoms with Gasteiger partial charge < -0.3 is 19.4 Å². The predicted octanol–water partition coefficient (Wildman–Crippen LogP) is 0.829. The van der Waals surface area contributed by atoms with Crippen LogP contribution in [0.5, 0.6) is 0 Å². The predicted molar refractivity (Wildman–Crippen MR) is 82.8 cm³/mol. The highest BCUT2D eigenvalue weighted by Gasteiger charge is 2.42. The largest absolute Gasteiger partial charge is 0.369 e. The van der Waals surface area contributed by atoms with Crippen molar-refractivity contribution in [2.45, 2.75) is 18.4 Å². The van der Waals surface area contributed by atoms with Crippen LogP contribution in [-0.2, 0) is 4.74 Å². The number of morpholine rings is 1. The average Bonchev–Trinajstić information content (AvgIpc) is 2.55. The zero-order valence-electron chi connectivity index (χ0n) is 13.2. The Balaban J connectivity index is 1.73. The molecule has 2 fully saturated rings. The van der Waals surface area contributed by atoms with Gasteiger partial charge in [0, 0.05) is 39.6 Å². The molecule has 2 aliphatic rings. The molecule has 1 atom stereocenters. The lowest BCUT2D eigenvalue weighted by Crippen LogP contribution is -2.61. The molecule has 0 N–H and O–H groups in total. The van der Waals surface area contributed by atoms with Gasteiger partial charge in [-0.2, -0.15) is 0 Å². The summed E-state index contributed by atoms with van der Waals surface area (Å²) in [6, 6.07) is 0.0549. The summed E-state index contributed by atoms with van der Waals surface area (Å²) >= 11 is 0. The van der Waals surface area contributed by atoms with Gasteiger partial charge in [0.25, 0.3) is 0 Å². The molecular weight excluding hydrogens is 282 g/mol. The minimum absolute atomic E-state index is 0.0549. The number of amides is 2. The number of ether oxygens (including phenoxy) is 1. The number of nitrogens with zero attached hydrogens (tertiary/aromatic N) is 5. The van der Waals surface area contributed by atoms with Crippen molar-refractivity contribution in [2.75, 3.05) is 51.8 Å². The van der Waals surface area contributed by atoms with E-state index in [0.29, 0.717) is 19.7 Å². The van der Waals surface area contributed by atoms with Crippen LogP contribution in [0.1, 0.15) is 12.8 Å². The van der Waals surface area contributed by atoms with E-state index in [4.69, 9.17) is 4.74 Å². The summed E-state index contributed by atoms with van der Waals surface area (Å²) in [5.74, 6) is 0.876. The standard InChI is InChI=1S/C15H23N5O2/c1-18(2)14(21)20-8-9-22-15(12-20)4-3-7-19(11-15)13-10-16-5-6-17-13/h5-6,10H,3-4,7-9,11-12H2,1-2H3. The minimum Gasteiger partial charge on any atom is -0.369 e. The summed E-state index contributed by atoms with van der Waals surface area (Å²) in [6.07, 6.45) is 7.17. The number of hydrogen-bond donors (Lipinski definition) is 0. The zero-order valence-corrected chi connectivity index (χ0v) is 13.2. The zero-order chi connectivity index (χ0) is 15.6. The number of rotatable bonds is 1. The van der Waals surface area contributed by atoms with E-state index >= 15 is 0 Å². The molecule has 120 valence electrons. The monoisotopic (exact) mass is 305 g/mol. The molecule has 1 aromatic rings. The third-order valence-electron chi connectivity index (χ3n) is 4.31. The van der Waals surface area contributed by atoms with Crippen LogP contribution in [0.2, 0.25) is 0 Å². The highest BCUT2D eigenvalue weighted by molar-refractivity contribution is 5.74. The molecule has 3 heterocycles. The molecule has 1 unspecified atom stereocenters. The van der Waals surface area contributed by atoms with E-state index in [1.54, 1.807) is 37.6 Å². The van der Waals surface area contributed by atoms with E-state index in [1.165, 1.54) is 0 Å². The maximum Gasteiger partial charge on any atom is 0.319 e. The van der Waals surface area contributed by atoms with E-state index in [2.05, 4.69) is 14.9 Å². The Labute approximate surface area is 130 Å².